The minimum absolute atomic E-state index is 1.20. The van der Waals surface area contributed by atoms with Crippen molar-refractivity contribution >= 4 is 0 Å². The van der Waals surface area contributed by atoms with E-state index in [4.69, 9.17) is 0 Å². The van der Waals surface area contributed by atoms with Crippen LogP contribution in [0.25, 0.3) is 0 Å². The molecule has 0 saturated carbocycles. The van der Waals surface area contributed by atoms with Crippen LogP contribution in [0.1, 0.15) is 161 Å². The molecule has 188 valence electrons. The van der Waals surface area contributed by atoms with Crippen LogP contribution in [0.4, 0.5) is 0 Å². The van der Waals surface area contributed by atoms with E-state index in [1.54, 1.807) is 0 Å². The Morgan fingerprint density at radius 1 is 0.531 bits per heavy atom. The molecule has 1 aromatic heterocycles. The first-order valence-corrected chi connectivity index (χ1v) is 14.8. The molecule has 32 heavy (non-hydrogen) atoms. The summed E-state index contributed by atoms with van der Waals surface area (Å²) in [5.74, 6) is 1.45. The van der Waals surface area contributed by atoms with Crippen LogP contribution in [0.15, 0.2) is 12.4 Å². The minimum Gasteiger partial charge on any atom is -0.234 e. The lowest BCUT2D eigenvalue weighted by molar-refractivity contribution is -0.702. The molecular formula is C30H59N2+. The molecule has 1 aromatic rings. The molecule has 0 unspecified atom stereocenters. The summed E-state index contributed by atoms with van der Waals surface area (Å²) in [7, 11) is 0. The van der Waals surface area contributed by atoms with Crippen molar-refractivity contribution in [2.45, 2.75) is 175 Å². The average molecular weight is 448 g/mol. The Kier molecular flexibility index (Phi) is 20.1. The molecule has 0 aliphatic heterocycles. The lowest BCUT2D eigenvalue weighted by Crippen LogP contribution is -2.35. The van der Waals surface area contributed by atoms with E-state index in [-0.39, 0.29) is 0 Å². The summed E-state index contributed by atoms with van der Waals surface area (Å²) in [4.78, 5) is 0. The van der Waals surface area contributed by atoms with Gasteiger partial charge in [-0.1, -0.05) is 129 Å². The molecule has 0 N–H and O–H groups in total. The van der Waals surface area contributed by atoms with E-state index in [9.17, 15) is 0 Å². The van der Waals surface area contributed by atoms with Gasteiger partial charge >= 0.3 is 0 Å². The third-order valence-electron chi connectivity index (χ3n) is 7.26. The summed E-state index contributed by atoms with van der Waals surface area (Å²) in [6.45, 7) is 9.30. The largest absolute Gasteiger partial charge is 0.253 e. The molecule has 2 heteroatoms. The van der Waals surface area contributed by atoms with Gasteiger partial charge in [0.25, 0.3) is 5.82 Å². The predicted octanol–water partition coefficient (Wildman–Crippen LogP) is 9.71. The van der Waals surface area contributed by atoms with Gasteiger partial charge < -0.3 is 0 Å². The van der Waals surface area contributed by atoms with Gasteiger partial charge in [-0.3, -0.25) is 0 Å². The number of unbranched alkanes of at least 4 members (excludes halogenated alkanes) is 20. The molecule has 0 atom stereocenters. The quantitative estimate of drug-likeness (QED) is 0.110. The maximum absolute atomic E-state index is 2.48. The zero-order chi connectivity index (χ0) is 23.1. The van der Waals surface area contributed by atoms with Gasteiger partial charge in [-0.15, -0.1) is 0 Å². The Balaban J connectivity index is 1.92. The molecule has 0 bridgehead atoms. The first-order chi connectivity index (χ1) is 15.8. The standard InChI is InChI=1S/C30H59N2/c1-4-6-8-10-12-14-15-16-17-18-19-21-23-25-27-32-29-28-31(30(32)3)26-24-22-20-13-11-9-7-5-2/h28-29H,4-27H2,1-3H3/q+1. The number of rotatable bonds is 24. The molecule has 0 aromatic carbocycles. The lowest BCUT2D eigenvalue weighted by atomic mass is 10.0. The smallest absolute Gasteiger partial charge is 0.234 e. The van der Waals surface area contributed by atoms with E-state index in [1.807, 2.05) is 0 Å². The summed E-state index contributed by atoms with van der Waals surface area (Å²) >= 11 is 0. The highest BCUT2D eigenvalue weighted by molar-refractivity contribution is 4.79. The summed E-state index contributed by atoms with van der Waals surface area (Å²) in [5.41, 5.74) is 0. The summed E-state index contributed by atoms with van der Waals surface area (Å²) in [6, 6.07) is 0. The van der Waals surface area contributed by atoms with Crippen LogP contribution in [0, 0.1) is 6.92 Å². The van der Waals surface area contributed by atoms with Crippen LogP contribution in [0.3, 0.4) is 0 Å². The van der Waals surface area contributed by atoms with Crippen LogP contribution in [0.2, 0.25) is 0 Å². The Hall–Kier alpha value is -0.790. The molecule has 0 spiro atoms. The molecular weight excluding hydrogens is 388 g/mol. The van der Waals surface area contributed by atoms with Crippen molar-refractivity contribution in [3.8, 4) is 0 Å². The second-order valence-corrected chi connectivity index (χ2v) is 10.3. The molecule has 1 rings (SSSR count). The number of aryl methyl sites for hydroxylation is 2. The van der Waals surface area contributed by atoms with E-state index in [2.05, 4.69) is 42.3 Å². The SMILES string of the molecule is CCCCCCCCCCCCCCCC[n+]1ccn(CCCCCCCCCC)c1C. The lowest BCUT2D eigenvalue weighted by Gasteiger charge is -2.04. The van der Waals surface area contributed by atoms with Gasteiger partial charge in [0.2, 0.25) is 0 Å². The van der Waals surface area contributed by atoms with Crippen LogP contribution in [-0.4, -0.2) is 4.57 Å². The van der Waals surface area contributed by atoms with Gasteiger partial charge in [-0.25, -0.2) is 9.13 Å². The third-order valence-corrected chi connectivity index (χ3v) is 7.26. The second-order valence-electron chi connectivity index (χ2n) is 10.3. The number of hydrogen-bond donors (Lipinski definition) is 0. The Morgan fingerprint density at radius 2 is 0.906 bits per heavy atom. The summed E-state index contributed by atoms with van der Waals surface area (Å²) < 4.78 is 4.95. The first-order valence-electron chi connectivity index (χ1n) is 14.8. The maximum atomic E-state index is 2.48. The van der Waals surface area contributed by atoms with Gasteiger partial charge in [-0.05, 0) is 25.7 Å². The molecule has 0 fully saturated rings. The zero-order valence-corrected chi connectivity index (χ0v) is 22.5. The minimum atomic E-state index is 1.20. The van der Waals surface area contributed by atoms with Crippen molar-refractivity contribution in [2.24, 2.45) is 0 Å². The van der Waals surface area contributed by atoms with Gasteiger partial charge in [0.1, 0.15) is 12.4 Å². The average Bonchev–Trinajstić information content (AvgIpc) is 3.15. The topological polar surface area (TPSA) is 8.81 Å². The van der Waals surface area contributed by atoms with E-state index >= 15 is 0 Å². The maximum Gasteiger partial charge on any atom is 0.253 e. The Labute approximate surface area is 202 Å². The van der Waals surface area contributed by atoms with Gasteiger partial charge in [-0.2, -0.15) is 0 Å². The monoisotopic (exact) mass is 447 g/mol. The molecule has 0 radical (unpaired) electrons. The number of hydrogen-bond acceptors (Lipinski definition) is 0. The van der Waals surface area contributed by atoms with Crippen molar-refractivity contribution in [3.63, 3.8) is 0 Å². The van der Waals surface area contributed by atoms with Gasteiger partial charge in [0.15, 0.2) is 0 Å². The summed E-state index contributed by atoms with van der Waals surface area (Å²) in [5, 5.41) is 0. The highest BCUT2D eigenvalue weighted by Gasteiger charge is 2.11. The van der Waals surface area contributed by atoms with Crippen molar-refractivity contribution in [1.29, 1.82) is 0 Å². The van der Waals surface area contributed by atoms with E-state index < -0.39 is 0 Å². The molecule has 0 amide bonds. The van der Waals surface area contributed by atoms with Crippen molar-refractivity contribution < 1.29 is 4.57 Å². The van der Waals surface area contributed by atoms with Crippen molar-refractivity contribution in [3.05, 3.63) is 18.2 Å². The molecule has 1 heterocycles. The van der Waals surface area contributed by atoms with Crippen LogP contribution in [-0.2, 0) is 13.1 Å². The Morgan fingerprint density at radius 3 is 1.34 bits per heavy atom. The van der Waals surface area contributed by atoms with Crippen LogP contribution in [0.5, 0.6) is 0 Å². The van der Waals surface area contributed by atoms with E-state index in [0.29, 0.717) is 0 Å². The van der Waals surface area contributed by atoms with Gasteiger partial charge in [0, 0.05) is 6.92 Å². The Bertz CT molecular complexity index is 505. The number of aromatic nitrogens is 2. The molecule has 2 nitrogen and oxygen atoms in total. The normalized spacial score (nSPS) is 11.5. The third kappa shape index (κ3) is 15.9. The number of imidazole rings is 1. The van der Waals surface area contributed by atoms with Crippen LogP contribution < -0.4 is 4.57 Å². The molecule has 0 aliphatic carbocycles. The van der Waals surface area contributed by atoms with Crippen molar-refractivity contribution in [2.75, 3.05) is 0 Å². The summed E-state index contributed by atoms with van der Waals surface area (Å²) in [6.07, 6.45) is 36.0. The fraction of sp³-hybridized carbons (Fsp3) is 0.900. The second kappa shape index (κ2) is 22.0. The zero-order valence-electron chi connectivity index (χ0n) is 22.5. The molecule has 0 aliphatic rings. The highest BCUT2D eigenvalue weighted by Crippen LogP contribution is 2.13. The predicted molar refractivity (Wildman–Crippen MR) is 142 cm³/mol. The fourth-order valence-electron chi connectivity index (χ4n) is 4.91. The fourth-order valence-corrected chi connectivity index (χ4v) is 4.91. The highest BCUT2D eigenvalue weighted by atomic mass is 15.1. The van der Waals surface area contributed by atoms with E-state index in [0.717, 1.165) is 0 Å². The first kappa shape index (κ1) is 29.2. The van der Waals surface area contributed by atoms with E-state index in [1.165, 1.54) is 160 Å². The van der Waals surface area contributed by atoms with Crippen LogP contribution >= 0.6 is 0 Å². The van der Waals surface area contributed by atoms with Gasteiger partial charge in [0.05, 0.1) is 13.1 Å². The molecule has 0 saturated heterocycles. The van der Waals surface area contributed by atoms with Crippen molar-refractivity contribution in [1.82, 2.24) is 4.57 Å². The number of nitrogens with zero attached hydrogens (tertiary/aromatic N) is 2.